The van der Waals surface area contributed by atoms with Gasteiger partial charge < -0.3 is 10.1 Å². The third-order valence-electron chi connectivity index (χ3n) is 5.21. The zero-order valence-corrected chi connectivity index (χ0v) is 8.91. The number of hydrogen-bond acceptors (Lipinski definition) is 2. The number of ether oxygens (including phenoxy) is 1. The first kappa shape index (κ1) is 8.54. The smallest absolute Gasteiger partial charge is 0.0582 e. The largest absolute Gasteiger partial charge is 0.379 e. The molecular formula is C13H17NO. The second-order valence-electron chi connectivity index (χ2n) is 5.53. The first-order valence-corrected chi connectivity index (χ1v) is 6.06. The fourth-order valence-electron chi connectivity index (χ4n) is 4.43. The first-order valence-electron chi connectivity index (χ1n) is 6.06. The lowest BCUT2D eigenvalue weighted by Gasteiger charge is -2.59. The van der Waals surface area contributed by atoms with Gasteiger partial charge in [-0.15, -0.1) is 0 Å². The molecule has 80 valence electrons. The zero-order valence-electron chi connectivity index (χ0n) is 8.91. The van der Waals surface area contributed by atoms with Gasteiger partial charge in [-0.2, -0.15) is 0 Å². The molecule has 3 aliphatic heterocycles. The molecule has 5 rings (SSSR count). The van der Waals surface area contributed by atoms with Crippen LogP contribution in [0.3, 0.4) is 0 Å². The quantitative estimate of drug-likeness (QED) is 0.644. The summed E-state index contributed by atoms with van der Waals surface area (Å²) in [5, 5.41) is 3.71. The van der Waals surface area contributed by atoms with Gasteiger partial charge >= 0.3 is 0 Å². The van der Waals surface area contributed by atoms with Crippen molar-refractivity contribution in [1.82, 2.24) is 5.32 Å². The van der Waals surface area contributed by atoms with Crippen LogP contribution in [-0.2, 0) is 4.74 Å². The van der Waals surface area contributed by atoms with E-state index in [1.807, 2.05) is 0 Å². The lowest BCUT2D eigenvalue weighted by atomic mass is 9.48. The van der Waals surface area contributed by atoms with Crippen molar-refractivity contribution in [3.8, 4) is 0 Å². The molecule has 4 fully saturated rings. The van der Waals surface area contributed by atoms with Crippen LogP contribution in [0.1, 0.15) is 12.8 Å². The molecule has 0 aromatic rings. The Bertz CT molecular complexity index is 320. The van der Waals surface area contributed by atoms with Crippen LogP contribution >= 0.6 is 0 Å². The molecule has 5 aliphatic rings. The lowest BCUT2D eigenvalue weighted by Crippen LogP contribution is -2.66. The Morgan fingerprint density at radius 1 is 1.07 bits per heavy atom. The topological polar surface area (TPSA) is 21.3 Å². The molecule has 1 N–H and O–H groups in total. The fourth-order valence-corrected chi connectivity index (χ4v) is 4.43. The number of allylic oxidation sites excluding steroid dienone is 2. The van der Waals surface area contributed by atoms with Crippen LogP contribution in [0.15, 0.2) is 24.3 Å². The molecular weight excluding hydrogens is 186 g/mol. The Hall–Kier alpha value is -0.600. The van der Waals surface area contributed by atoms with Gasteiger partial charge in [-0.3, -0.25) is 0 Å². The molecule has 2 bridgehead atoms. The Morgan fingerprint density at radius 2 is 1.87 bits per heavy atom. The molecule has 15 heavy (non-hydrogen) atoms. The Balaban J connectivity index is 1.94. The van der Waals surface area contributed by atoms with Crippen LogP contribution in [-0.4, -0.2) is 25.8 Å². The number of piperidine rings is 2. The molecule has 0 radical (unpaired) electrons. The van der Waals surface area contributed by atoms with Crippen molar-refractivity contribution in [2.24, 2.45) is 16.7 Å². The predicted octanol–water partition coefficient (Wildman–Crippen LogP) is 1.50. The van der Waals surface area contributed by atoms with E-state index in [4.69, 9.17) is 4.74 Å². The zero-order chi connectivity index (χ0) is 9.93. The SMILES string of the molecule is C1=CC23COC[C@@]2(C=C1)[C@H]1CCC3CN1. The molecule has 0 aromatic heterocycles. The second-order valence-corrected chi connectivity index (χ2v) is 5.53. The maximum atomic E-state index is 5.86. The normalized spacial score (nSPS) is 55.5. The van der Waals surface area contributed by atoms with Crippen LogP contribution in [0.2, 0.25) is 0 Å². The summed E-state index contributed by atoms with van der Waals surface area (Å²) in [5.41, 5.74) is 0.610. The van der Waals surface area contributed by atoms with Crippen molar-refractivity contribution in [2.45, 2.75) is 18.9 Å². The van der Waals surface area contributed by atoms with Gasteiger partial charge in [0.1, 0.15) is 0 Å². The molecule has 4 atom stereocenters. The van der Waals surface area contributed by atoms with Crippen molar-refractivity contribution in [3.63, 3.8) is 0 Å². The van der Waals surface area contributed by atoms with Crippen molar-refractivity contribution >= 4 is 0 Å². The second kappa shape index (κ2) is 2.55. The van der Waals surface area contributed by atoms with Gasteiger partial charge in [0.2, 0.25) is 0 Å². The molecule has 0 amide bonds. The molecule has 2 unspecified atom stereocenters. The van der Waals surface area contributed by atoms with E-state index >= 15 is 0 Å². The molecule has 1 saturated carbocycles. The van der Waals surface area contributed by atoms with E-state index in [1.165, 1.54) is 19.4 Å². The van der Waals surface area contributed by atoms with E-state index in [0.29, 0.717) is 11.5 Å². The van der Waals surface area contributed by atoms with Crippen LogP contribution in [0.4, 0.5) is 0 Å². The van der Waals surface area contributed by atoms with E-state index < -0.39 is 0 Å². The van der Waals surface area contributed by atoms with Gasteiger partial charge in [0.15, 0.2) is 0 Å². The first-order chi connectivity index (χ1) is 7.37. The lowest BCUT2D eigenvalue weighted by molar-refractivity contribution is -0.0203. The Kier molecular flexibility index (Phi) is 1.45. The van der Waals surface area contributed by atoms with Gasteiger partial charge in [-0.1, -0.05) is 24.3 Å². The summed E-state index contributed by atoms with van der Waals surface area (Å²) in [5.74, 6) is 0.784. The average molecular weight is 203 g/mol. The summed E-state index contributed by atoms with van der Waals surface area (Å²) in [7, 11) is 0. The molecule has 3 saturated heterocycles. The number of fused-ring (bicyclic) bond motifs is 2. The maximum Gasteiger partial charge on any atom is 0.0582 e. The van der Waals surface area contributed by atoms with E-state index in [9.17, 15) is 0 Å². The van der Waals surface area contributed by atoms with Crippen LogP contribution < -0.4 is 5.32 Å². The minimum absolute atomic E-state index is 0.281. The standard InChI is InChI=1S/C13H17NO/c1-2-6-13-9-15-8-12(13,5-1)10-3-4-11(13)14-7-10/h1-2,5-6,10-11,14H,3-4,7-9H2/t10?,11-,12?,13+/m1/s1. The van der Waals surface area contributed by atoms with Gasteiger partial charge in [-0.25, -0.2) is 0 Å². The molecule has 2 nitrogen and oxygen atoms in total. The highest BCUT2D eigenvalue weighted by Gasteiger charge is 2.65. The van der Waals surface area contributed by atoms with Crippen molar-refractivity contribution in [1.29, 1.82) is 0 Å². The van der Waals surface area contributed by atoms with Crippen molar-refractivity contribution in [3.05, 3.63) is 24.3 Å². The van der Waals surface area contributed by atoms with Crippen molar-refractivity contribution < 1.29 is 4.74 Å². The minimum atomic E-state index is 0.281. The molecule has 3 heterocycles. The summed E-state index contributed by atoms with van der Waals surface area (Å²) in [6, 6.07) is 0.645. The predicted molar refractivity (Wildman–Crippen MR) is 58.5 cm³/mol. The van der Waals surface area contributed by atoms with Crippen LogP contribution in [0.5, 0.6) is 0 Å². The fraction of sp³-hybridized carbons (Fsp3) is 0.692. The van der Waals surface area contributed by atoms with E-state index in [1.54, 1.807) is 0 Å². The van der Waals surface area contributed by atoms with Gasteiger partial charge in [-0.05, 0) is 25.3 Å². The monoisotopic (exact) mass is 203 g/mol. The van der Waals surface area contributed by atoms with Gasteiger partial charge in [0, 0.05) is 16.9 Å². The summed E-state index contributed by atoms with van der Waals surface area (Å²) >= 11 is 0. The highest BCUT2D eigenvalue weighted by Crippen LogP contribution is 2.62. The van der Waals surface area contributed by atoms with Crippen LogP contribution in [0, 0.1) is 16.7 Å². The Labute approximate surface area is 90.4 Å². The maximum absolute atomic E-state index is 5.86. The van der Waals surface area contributed by atoms with E-state index in [-0.39, 0.29) is 5.41 Å². The van der Waals surface area contributed by atoms with Crippen molar-refractivity contribution in [2.75, 3.05) is 19.8 Å². The van der Waals surface area contributed by atoms with Gasteiger partial charge in [0.05, 0.1) is 13.2 Å². The summed E-state index contributed by atoms with van der Waals surface area (Å²) in [6.07, 6.45) is 12.0. The highest BCUT2D eigenvalue weighted by molar-refractivity contribution is 5.34. The molecule has 2 aliphatic carbocycles. The number of hydrogen-bond donors (Lipinski definition) is 1. The summed E-state index contributed by atoms with van der Waals surface area (Å²) < 4.78 is 5.86. The van der Waals surface area contributed by atoms with Crippen LogP contribution in [0.25, 0.3) is 0 Å². The summed E-state index contributed by atoms with van der Waals surface area (Å²) in [6.45, 7) is 3.05. The highest BCUT2D eigenvalue weighted by atomic mass is 16.5. The molecule has 2 heteroatoms. The third-order valence-corrected chi connectivity index (χ3v) is 5.21. The number of rotatable bonds is 0. The molecule has 0 spiro atoms. The van der Waals surface area contributed by atoms with Gasteiger partial charge in [0.25, 0.3) is 0 Å². The van der Waals surface area contributed by atoms with E-state index in [0.717, 1.165) is 19.1 Å². The summed E-state index contributed by atoms with van der Waals surface area (Å²) in [4.78, 5) is 0. The Morgan fingerprint density at radius 3 is 2.60 bits per heavy atom. The minimum Gasteiger partial charge on any atom is -0.379 e. The number of nitrogens with one attached hydrogen (secondary N) is 1. The van der Waals surface area contributed by atoms with E-state index in [2.05, 4.69) is 29.6 Å². The average Bonchev–Trinajstić information content (AvgIpc) is 2.73. The third kappa shape index (κ3) is 0.775. The molecule has 0 aromatic carbocycles.